The van der Waals surface area contributed by atoms with Crippen LogP contribution in [0.5, 0.6) is 0 Å². The van der Waals surface area contributed by atoms with Crippen molar-refractivity contribution in [1.29, 1.82) is 0 Å². The lowest BCUT2D eigenvalue weighted by Crippen LogP contribution is -1.99. The van der Waals surface area contributed by atoms with Crippen molar-refractivity contribution in [3.8, 4) is 11.3 Å². The van der Waals surface area contributed by atoms with Crippen LogP contribution >= 0.6 is 23.2 Å². The predicted octanol–water partition coefficient (Wildman–Crippen LogP) is 3.43. The summed E-state index contributed by atoms with van der Waals surface area (Å²) in [7, 11) is 0. The van der Waals surface area contributed by atoms with E-state index in [-0.39, 0.29) is 16.6 Å². The summed E-state index contributed by atoms with van der Waals surface area (Å²) < 4.78 is 5.03. The van der Waals surface area contributed by atoms with E-state index in [2.05, 4.69) is 5.16 Å². The number of alkyl halides is 1. The van der Waals surface area contributed by atoms with Gasteiger partial charge in [0.2, 0.25) is 0 Å². The number of nitrogens with zero attached hydrogens (tertiary/aromatic N) is 1. The highest BCUT2D eigenvalue weighted by Gasteiger charge is 2.20. The SMILES string of the molecule is O=C(O)c1ccccc1-c1onc(Cl)c1CCl. The van der Waals surface area contributed by atoms with Gasteiger partial charge in [0.1, 0.15) is 0 Å². The number of hydrogen-bond acceptors (Lipinski definition) is 3. The molecule has 2 aromatic rings. The summed E-state index contributed by atoms with van der Waals surface area (Å²) in [6.45, 7) is 0. The topological polar surface area (TPSA) is 63.3 Å². The number of carboxylic acids is 1. The van der Waals surface area contributed by atoms with Gasteiger partial charge in [-0.05, 0) is 6.07 Å². The van der Waals surface area contributed by atoms with Gasteiger partial charge in [0.15, 0.2) is 10.9 Å². The quantitative estimate of drug-likeness (QED) is 0.869. The van der Waals surface area contributed by atoms with Crippen molar-refractivity contribution >= 4 is 29.2 Å². The highest BCUT2D eigenvalue weighted by atomic mass is 35.5. The molecule has 4 nitrogen and oxygen atoms in total. The maximum absolute atomic E-state index is 11.1. The minimum absolute atomic E-state index is 0.103. The van der Waals surface area contributed by atoms with Crippen molar-refractivity contribution in [3.05, 3.63) is 40.5 Å². The lowest BCUT2D eigenvalue weighted by Gasteiger charge is -2.03. The maximum atomic E-state index is 11.1. The van der Waals surface area contributed by atoms with E-state index < -0.39 is 5.97 Å². The first-order valence-electron chi connectivity index (χ1n) is 4.68. The molecule has 0 aliphatic heterocycles. The summed E-state index contributed by atoms with van der Waals surface area (Å²) in [5.41, 5.74) is 1.02. The second-order valence-electron chi connectivity index (χ2n) is 3.27. The molecular weight excluding hydrogens is 265 g/mol. The molecule has 0 radical (unpaired) electrons. The Morgan fingerprint density at radius 1 is 1.41 bits per heavy atom. The molecule has 1 aromatic heterocycles. The van der Waals surface area contributed by atoms with Gasteiger partial charge in [0.05, 0.1) is 17.0 Å². The van der Waals surface area contributed by atoms with Gasteiger partial charge in [0, 0.05) is 5.56 Å². The van der Waals surface area contributed by atoms with Gasteiger partial charge < -0.3 is 9.63 Å². The molecule has 0 atom stereocenters. The third-order valence-electron chi connectivity index (χ3n) is 2.28. The molecule has 17 heavy (non-hydrogen) atoms. The average Bonchev–Trinajstić information content (AvgIpc) is 2.70. The highest BCUT2D eigenvalue weighted by molar-refractivity contribution is 6.31. The van der Waals surface area contributed by atoms with E-state index in [9.17, 15) is 4.79 Å². The number of aromatic nitrogens is 1. The summed E-state index contributed by atoms with van der Waals surface area (Å²) in [6.07, 6.45) is 0. The van der Waals surface area contributed by atoms with Crippen molar-refractivity contribution in [2.45, 2.75) is 5.88 Å². The third kappa shape index (κ3) is 2.14. The molecule has 0 aliphatic carbocycles. The van der Waals surface area contributed by atoms with E-state index in [1.807, 2.05) is 0 Å². The molecule has 0 bridgehead atoms. The fourth-order valence-electron chi connectivity index (χ4n) is 1.48. The number of aromatic carboxylic acids is 1. The second kappa shape index (κ2) is 4.77. The minimum Gasteiger partial charge on any atom is -0.478 e. The highest BCUT2D eigenvalue weighted by Crippen LogP contribution is 2.32. The molecule has 0 spiro atoms. The van der Waals surface area contributed by atoms with E-state index in [0.29, 0.717) is 16.9 Å². The Morgan fingerprint density at radius 3 is 2.76 bits per heavy atom. The van der Waals surface area contributed by atoms with Crippen molar-refractivity contribution in [2.24, 2.45) is 0 Å². The molecule has 0 saturated heterocycles. The van der Waals surface area contributed by atoms with Crippen molar-refractivity contribution in [2.75, 3.05) is 0 Å². The van der Waals surface area contributed by atoms with E-state index in [1.54, 1.807) is 18.2 Å². The first kappa shape index (κ1) is 12.0. The largest absolute Gasteiger partial charge is 0.478 e. The average molecular weight is 272 g/mol. The van der Waals surface area contributed by atoms with Crippen molar-refractivity contribution < 1.29 is 14.4 Å². The molecule has 0 saturated carbocycles. The van der Waals surface area contributed by atoms with E-state index in [0.717, 1.165) is 0 Å². The van der Waals surface area contributed by atoms with Crippen LogP contribution in [-0.4, -0.2) is 16.2 Å². The Kier molecular flexibility index (Phi) is 3.36. The number of carboxylic acid groups (broad SMARTS) is 1. The van der Waals surface area contributed by atoms with Crippen molar-refractivity contribution in [1.82, 2.24) is 5.16 Å². The van der Waals surface area contributed by atoms with Crippen LogP contribution in [0.15, 0.2) is 28.8 Å². The summed E-state index contributed by atoms with van der Waals surface area (Å²) in [4.78, 5) is 11.1. The van der Waals surface area contributed by atoms with Crippen LogP contribution in [0.2, 0.25) is 5.15 Å². The molecule has 1 N–H and O–H groups in total. The third-order valence-corrected chi connectivity index (χ3v) is 2.84. The number of rotatable bonds is 3. The van der Waals surface area contributed by atoms with Crippen LogP contribution in [-0.2, 0) is 5.88 Å². The second-order valence-corrected chi connectivity index (χ2v) is 3.89. The summed E-state index contributed by atoms with van der Waals surface area (Å²) in [5, 5.41) is 12.8. The zero-order valence-electron chi connectivity index (χ0n) is 8.48. The monoisotopic (exact) mass is 271 g/mol. The van der Waals surface area contributed by atoms with Crippen molar-refractivity contribution in [3.63, 3.8) is 0 Å². The Morgan fingerprint density at radius 2 is 2.12 bits per heavy atom. The lowest BCUT2D eigenvalue weighted by molar-refractivity contribution is 0.0697. The molecule has 1 aromatic carbocycles. The molecule has 0 aliphatic rings. The standard InChI is InChI=1S/C11H7Cl2NO3/c12-5-8-9(17-14-10(8)13)6-3-1-2-4-7(6)11(15)16/h1-4H,5H2,(H,15,16). The Balaban J connectivity index is 2.64. The molecule has 6 heteroatoms. The smallest absolute Gasteiger partial charge is 0.336 e. The lowest BCUT2D eigenvalue weighted by atomic mass is 10.0. The van der Waals surface area contributed by atoms with Gasteiger partial charge >= 0.3 is 5.97 Å². The predicted molar refractivity (Wildman–Crippen MR) is 63.5 cm³/mol. The summed E-state index contributed by atoms with van der Waals surface area (Å²) in [5.74, 6) is -0.650. The Bertz CT molecular complexity index is 566. The zero-order chi connectivity index (χ0) is 12.4. The molecular formula is C11H7Cl2NO3. The van der Waals surface area contributed by atoms with Crippen LogP contribution in [0.1, 0.15) is 15.9 Å². The molecule has 88 valence electrons. The van der Waals surface area contributed by atoms with Gasteiger partial charge in [-0.2, -0.15) is 0 Å². The van der Waals surface area contributed by atoms with E-state index in [4.69, 9.17) is 32.8 Å². The fourth-order valence-corrected chi connectivity index (χ4v) is 1.99. The van der Waals surface area contributed by atoms with Gasteiger partial charge in [0.25, 0.3) is 0 Å². The Hall–Kier alpha value is -1.52. The van der Waals surface area contributed by atoms with Crippen LogP contribution < -0.4 is 0 Å². The number of hydrogen-bond donors (Lipinski definition) is 1. The van der Waals surface area contributed by atoms with Gasteiger partial charge in [-0.15, -0.1) is 11.6 Å². The van der Waals surface area contributed by atoms with E-state index in [1.165, 1.54) is 6.07 Å². The van der Waals surface area contributed by atoms with Crippen LogP contribution in [0.3, 0.4) is 0 Å². The molecule has 1 heterocycles. The van der Waals surface area contributed by atoms with Gasteiger partial charge in [-0.25, -0.2) is 4.79 Å². The summed E-state index contributed by atoms with van der Waals surface area (Å²) in [6, 6.07) is 6.43. The van der Waals surface area contributed by atoms with Crippen LogP contribution in [0, 0.1) is 0 Å². The molecule has 0 fully saturated rings. The summed E-state index contributed by atoms with van der Waals surface area (Å²) >= 11 is 11.5. The van der Waals surface area contributed by atoms with Gasteiger partial charge in [-0.1, -0.05) is 35.0 Å². The fraction of sp³-hybridized carbons (Fsp3) is 0.0909. The number of benzene rings is 1. The normalized spacial score (nSPS) is 10.5. The first-order valence-corrected chi connectivity index (χ1v) is 5.59. The number of carbonyl (C=O) groups is 1. The van der Waals surface area contributed by atoms with Crippen LogP contribution in [0.4, 0.5) is 0 Å². The number of halogens is 2. The first-order chi connectivity index (χ1) is 8.15. The zero-order valence-corrected chi connectivity index (χ0v) is 10.00. The Labute approximate surface area is 107 Å². The van der Waals surface area contributed by atoms with Gasteiger partial charge in [-0.3, -0.25) is 0 Å². The molecule has 2 rings (SSSR count). The van der Waals surface area contributed by atoms with Crippen LogP contribution in [0.25, 0.3) is 11.3 Å². The molecule has 0 amide bonds. The molecule has 0 unspecified atom stereocenters. The van der Waals surface area contributed by atoms with E-state index >= 15 is 0 Å². The minimum atomic E-state index is -1.05. The maximum Gasteiger partial charge on any atom is 0.336 e.